The normalized spacial score (nSPS) is 25.0. The van der Waals surface area contributed by atoms with Gasteiger partial charge in [0.15, 0.2) is 17.7 Å². The first-order valence-electron chi connectivity index (χ1n) is 8.41. The van der Waals surface area contributed by atoms with Crippen molar-refractivity contribution in [3.63, 3.8) is 0 Å². The minimum absolute atomic E-state index is 0.102. The van der Waals surface area contributed by atoms with Crippen LogP contribution in [0.1, 0.15) is 11.9 Å². The van der Waals surface area contributed by atoms with Crippen molar-refractivity contribution in [3.8, 4) is 0 Å². The van der Waals surface area contributed by atoms with E-state index in [1.54, 1.807) is 18.3 Å². The number of rotatable bonds is 5. The van der Waals surface area contributed by atoms with Crippen LogP contribution in [0.4, 0.5) is 11.8 Å². The number of hydrazone groups is 1. The highest BCUT2D eigenvalue weighted by Gasteiger charge is 2.44. The van der Waals surface area contributed by atoms with Crippen LogP contribution in [0.15, 0.2) is 35.8 Å². The molecule has 1 aliphatic heterocycles. The summed E-state index contributed by atoms with van der Waals surface area (Å²) >= 11 is 0. The van der Waals surface area contributed by atoms with Gasteiger partial charge in [0.1, 0.15) is 23.8 Å². The first kappa shape index (κ1) is 18.2. The summed E-state index contributed by atoms with van der Waals surface area (Å²) < 4.78 is 6.94. The Labute approximate surface area is 158 Å². The van der Waals surface area contributed by atoms with Gasteiger partial charge < -0.3 is 25.8 Å². The number of nitrogens with two attached hydrogens (primary N) is 1. The largest absolute Gasteiger partial charge is 0.394 e. The third-order valence-corrected chi connectivity index (χ3v) is 4.29. The molecule has 0 amide bonds. The minimum Gasteiger partial charge on any atom is -0.394 e. The Kier molecular flexibility index (Phi) is 4.83. The molecule has 146 valence electrons. The lowest BCUT2D eigenvalue weighted by Gasteiger charge is -2.16. The molecule has 12 nitrogen and oxygen atoms in total. The molecule has 4 rings (SSSR count). The summed E-state index contributed by atoms with van der Waals surface area (Å²) in [4.78, 5) is 16.7. The summed E-state index contributed by atoms with van der Waals surface area (Å²) in [5.74, 6) is 0.205. The number of fused-ring (bicyclic) bond motifs is 1. The average Bonchev–Trinajstić information content (AvgIpc) is 3.24. The summed E-state index contributed by atoms with van der Waals surface area (Å²) in [5.41, 5.74) is 9.83. The summed E-state index contributed by atoms with van der Waals surface area (Å²) in [6, 6.07) is 5.40. The molecule has 1 aliphatic rings. The topological polar surface area (TPSA) is 177 Å². The quantitative estimate of drug-likeness (QED) is 0.266. The number of aliphatic hydroxyl groups is 3. The SMILES string of the molecule is Nc1nc(NN=Cc2ccccn2)nc2c1ncn2[C@@H]1O[C@H](CO)C(O)C1O. The van der Waals surface area contributed by atoms with Crippen molar-refractivity contribution in [1.82, 2.24) is 24.5 Å². The molecule has 0 radical (unpaired) electrons. The summed E-state index contributed by atoms with van der Waals surface area (Å²) in [7, 11) is 0. The fourth-order valence-corrected chi connectivity index (χ4v) is 2.89. The van der Waals surface area contributed by atoms with Gasteiger partial charge in [-0.1, -0.05) is 6.07 Å². The Morgan fingerprint density at radius 2 is 2.11 bits per heavy atom. The molecule has 4 heterocycles. The van der Waals surface area contributed by atoms with E-state index in [4.69, 9.17) is 10.5 Å². The number of aliphatic hydroxyl groups excluding tert-OH is 3. The van der Waals surface area contributed by atoms with Gasteiger partial charge in [-0.25, -0.2) is 10.4 Å². The van der Waals surface area contributed by atoms with Crippen LogP contribution in [0.3, 0.4) is 0 Å². The zero-order chi connectivity index (χ0) is 19.7. The number of anilines is 2. The first-order chi connectivity index (χ1) is 13.6. The van der Waals surface area contributed by atoms with E-state index >= 15 is 0 Å². The molecule has 1 saturated heterocycles. The fourth-order valence-electron chi connectivity index (χ4n) is 2.89. The Bertz CT molecular complexity index is 995. The molecule has 1 fully saturated rings. The highest BCUT2D eigenvalue weighted by atomic mass is 16.6. The Morgan fingerprint density at radius 1 is 1.25 bits per heavy atom. The van der Waals surface area contributed by atoms with Crippen molar-refractivity contribution in [1.29, 1.82) is 0 Å². The van der Waals surface area contributed by atoms with Gasteiger partial charge in [-0.2, -0.15) is 15.1 Å². The molecule has 6 N–H and O–H groups in total. The van der Waals surface area contributed by atoms with Gasteiger partial charge in [0.05, 0.1) is 24.8 Å². The lowest BCUT2D eigenvalue weighted by atomic mass is 10.1. The zero-order valence-corrected chi connectivity index (χ0v) is 14.5. The number of pyridine rings is 1. The molecule has 0 saturated carbocycles. The van der Waals surface area contributed by atoms with E-state index in [9.17, 15) is 15.3 Å². The van der Waals surface area contributed by atoms with Gasteiger partial charge in [0.2, 0.25) is 5.95 Å². The third kappa shape index (κ3) is 3.25. The van der Waals surface area contributed by atoms with E-state index in [0.717, 1.165) is 0 Å². The van der Waals surface area contributed by atoms with Crippen molar-refractivity contribution < 1.29 is 20.1 Å². The Hall–Kier alpha value is -3.19. The summed E-state index contributed by atoms with van der Waals surface area (Å²) in [6.07, 6.45) is 0.0796. The second kappa shape index (κ2) is 7.44. The number of nitrogens with one attached hydrogen (secondary N) is 1. The first-order valence-corrected chi connectivity index (χ1v) is 8.41. The van der Waals surface area contributed by atoms with Gasteiger partial charge in [0.25, 0.3) is 0 Å². The molecule has 4 atom stereocenters. The molecular weight excluding hydrogens is 368 g/mol. The van der Waals surface area contributed by atoms with Gasteiger partial charge >= 0.3 is 0 Å². The van der Waals surface area contributed by atoms with E-state index in [-0.39, 0.29) is 17.4 Å². The maximum Gasteiger partial charge on any atom is 0.247 e. The number of nitrogen functional groups attached to an aromatic ring is 1. The number of hydrogen-bond acceptors (Lipinski definition) is 11. The van der Waals surface area contributed by atoms with Crippen LogP contribution < -0.4 is 11.2 Å². The van der Waals surface area contributed by atoms with E-state index < -0.39 is 31.1 Å². The van der Waals surface area contributed by atoms with Crippen molar-refractivity contribution >= 4 is 29.1 Å². The fraction of sp³-hybridized carbons (Fsp3) is 0.312. The average molecular weight is 386 g/mol. The molecule has 3 aromatic heterocycles. The van der Waals surface area contributed by atoms with Crippen LogP contribution >= 0.6 is 0 Å². The van der Waals surface area contributed by atoms with Crippen molar-refractivity contribution in [3.05, 3.63) is 36.4 Å². The van der Waals surface area contributed by atoms with Gasteiger partial charge in [-0.15, -0.1) is 0 Å². The summed E-state index contributed by atoms with van der Waals surface area (Å²) in [5, 5.41) is 33.5. The van der Waals surface area contributed by atoms with E-state index in [2.05, 4.69) is 30.5 Å². The maximum absolute atomic E-state index is 10.2. The van der Waals surface area contributed by atoms with Crippen LogP contribution in [-0.4, -0.2) is 71.0 Å². The number of nitrogens with zero attached hydrogens (tertiary/aromatic N) is 6. The number of hydrogen-bond donors (Lipinski definition) is 5. The van der Waals surface area contributed by atoms with Gasteiger partial charge in [-0.05, 0) is 12.1 Å². The molecule has 0 aromatic carbocycles. The lowest BCUT2D eigenvalue weighted by molar-refractivity contribution is -0.0511. The Morgan fingerprint density at radius 3 is 2.82 bits per heavy atom. The molecule has 0 spiro atoms. The molecule has 0 bridgehead atoms. The number of ether oxygens (including phenoxy) is 1. The van der Waals surface area contributed by atoms with Crippen LogP contribution in [0.2, 0.25) is 0 Å². The molecule has 3 aromatic rings. The minimum atomic E-state index is -1.27. The van der Waals surface area contributed by atoms with Crippen molar-refractivity contribution in [2.75, 3.05) is 17.8 Å². The van der Waals surface area contributed by atoms with Crippen molar-refractivity contribution in [2.45, 2.75) is 24.5 Å². The van der Waals surface area contributed by atoms with E-state index in [0.29, 0.717) is 11.2 Å². The molecule has 12 heteroatoms. The monoisotopic (exact) mass is 386 g/mol. The zero-order valence-electron chi connectivity index (χ0n) is 14.5. The predicted octanol–water partition coefficient (Wildman–Crippen LogP) is -1.14. The lowest BCUT2D eigenvalue weighted by Crippen LogP contribution is -2.33. The Balaban J connectivity index is 1.63. The van der Waals surface area contributed by atoms with Crippen LogP contribution in [-0.2, 0) is 4.74 Å². The second-order valence-electron chi connectivity index (χ2n) is 6.11. The van der Waals surface area contributed by atoms with E-state index in [1.807, 2.05) is 6.07 Å². The van der Waals surface area contributed by atoms with Gasteiger partial charge in [-0.3, -0.25) is 9.55 Å². The summed E-state index contributed by atoms with van der Waals surface area (Å²) in [6.45, 7) is -0.437. The van der Waals surface area contributed by atoms with Crippen molar-refractivity contribution in [2.24, 2.45) is 5.10 Å². The standard InChI is InChI=1S/C16H18N8O4/c17-13-10-14(22-16(21-13)23-20-5-8-3-1-2-4-18-8)24(7-19-10)15-12(27)11(26)9(6-25)28-15/h1-5,7,9,11-12,15,25-27H,6H2,(H3,17,21,22,23)/t9-,11?,12?,15-/m1/s1. The highest BCUT2D eigenvalue weighted by molar-refractivity contribution is 5.83. The highest BCUT2D eigenvalue weighted by Crippen LogP contribution is 2.32. The second-order valence-corrected chi connectivity index (χ2v) is 6.11. The molecule has 28 heavy (non-hydrogen) atoms. The molecule has 2 unspecified atom stereocenters. The van der Waals surface area contributed by atoms with Crippen LogP contribution in [0.25, 0.3) is 11.2 Å². The smallest absolute Gasteiger partial charge is 0.247 e. The van der Waals surface area contributed by atoms with Gasteiger partial charge in [0, 0.05) is 6.20 Å². The maximum atomic E-state index is 10.2. The number of imidazole rings is 1. The van der Waals surface area contributed by atoms with Crippen LogP contribution in [0, 0.1) is 0 Å². The molecular formula is C16H18N8O4. The molecule has 0 aliphatic carbocycles. The van der Waals surface area contributed by atoms with Crippen LogP contribution in [0.5, 0.6) is 0 Å². The third-order valence-electron chi connectivity index (χ3n) is 4.29. The predicted molar refractivity (Wildman–Crippen MR) is 98.2 cm³/mol. The van der Waals surface area contributed by atoms with E-state index in [1.165, 1.54) is 17.1 Å². The number of aromatic nitrogens is 5.